The van der Waals surface area contributed by atoms with Crippen LogP contribution in [0.5, 0.6) is 0 Å². The number of aromatic nitrogens is 2. The minimum atomic E-state index is -0.412. The number of hydrogen-bond donors (Lipinski definition) is 2. The van der Waals surface area contributed by atoms with Crippen molar-refractivity contribution in [3.63, 3.8) is 0 Å². The van der Waals surface area contributed by atoms with E-state index < -0.39 is 5.97 Å². The molecule has 0 radical (unpaired) electrons. The van der Waals surface area contributed by atoms with E-state index in [4.69, 9.17) is 4.74 Å². The molecule has 1 aromatic rings. The summed E-state index contributed by atoms with van der Waals surface area (Å²) in [7, 11) is 1.35. The molecule has 1 aliphatic heterocycles. The first-order chi connectivity index (χ1) is 10.4. The van der Waals surface area contributed by atoms with Crippen LogP contribution in [0.4, 0.5) is 0 Å². The predicted octanol–water partition coefficient (Wildman–Crippen LogP) is 0.789. The molecule has 1 aromatic heterocycles. The lowest BCUT2D eigenvalue weighted by Gasteiger charge is -2.22. The Kier molecular flexibility index (Phi) is 5.18. The van der Waals surface area contributed by atoms with E-state index in [2.05, 4.69) is 34.3 Å². The summed E-state index contributed by atoms with van der Waals surface area (Å²) in [6, 6.07) is 0.144. The Hall–Kier alpha value is -1.89. The third-order valence-corrected chi connectivity index (χ3v) is 4.19. The number of hydrogen-bond acceptors (Lipinski definition) is 5. The van der Waals surface area contributed by atoms with Crippen LogP contribution in [0.15, 0.2) is 6.20 Å². The van der Waals surface area contributed by atoms with Crippen molar-refractivity contribution >= 4 is 11.9 Å². The molecule has 1 saturated heterocycles. The maximum Gasteiger partial charge on any atom is 0.356 e. The summed E-state index contributed by atoms with van der Waals surface area (Å²) in [5.41, 5.74) is 1.21. The van der Waals surface area contributed by atoms with Crippen molar-refractivity contribution in [2.75, 3.05) is 20.2 Å². The fraction of sp³-hybridized carbons (Fsp3) is 0.667. The molecule has 0 aliphatic carbocycles. The van der Waals surface area contributed by atoms with E-state index in [1.54, 1.807) is 13.1 Å². The first-order valence-corrected chi connectivity index (χ1v) is 7.52. The lowest BCUT2D eigenvalue weighted by Crippen LogP contribution is -2.40. The Morgan fingerprint density at radius 3 is 2.82 bits per heavy atom. The van der Waals surface area contributed by atoms with Crippen LogP contribution >= 0.6 is 0 Å². The van der Waals surface area contributed by atoms with Gasteiger partial charge in [0.1, 0.15) is 5.69 Å². The minimum Gasteiger partial charge on any atom is -0.464 e. The quantitative estimate of drug-likeness (QED) is 0.785. The average Bonchev–Trinajstić information content (AvgIpc) is 3.05. The fourth-order valence-corrected chi connectivity index (χ4v) is 3.08. The van der Waals surface area contributed by atoms with Crippen molar-refractivity contribution in [3.8, 4) is 0 Å². The summed E-state index contributed by atoms with van der Waals surface area (Å²) in [5.74, 6) is 0.463. The number of nitrogens with zero attached hydrogens (tertiary/aromatic N) is 2. The van der Waals surface area contributed by atoms with E-state index >= 15 is 0 Å². The van der Waals surface area contributed by atoms with E-state index in [1.807, 2.05) is 0 Å². The number of esters is 1. The van der Waals surface area contributed by atoms with Gasteiger partial charge in [-0.2, -0.15) is 5.10 Å². The maximum atomic E-state index is 11.7. The van der Waals surface area contributed by atoms with Gasteiger partial charge in [-0.05, 0) is 11.8 Å². The molecule has 2 rings (SSSR count). The zero-order valence-electron chi connectivity index (χ0n) is 13.5. The predicted molar refractivity (Wildman–Crippen MR) is 81.1 cm³/mol. The molecule has 1 fully saturated rings. The lowest BCUT2D eigenvalue weighted by molar-refractivity contribution is -0.119. The average molecular weight is 308 g/mol. The van der Waals surface area contributed by atoms with Crippen LogP contribution in [0, 0.1) is 11.8 Å². The second-order valence-electron chi connectivity index (χ2n) is 6.17. The molecule has 0 spiro atoms. The third-order valence-electron chi connectivity index (χ3n) is 4.19. The second-order valence-corrected chi connectivity index (χ2v) is 6.17. The van der Waals surface area contributed by atoms with Crippen LogP contribution < -0.4 is 5.32 Å². The number of rotatable bonds is 5. The molecule has 1 aliphatic rings. The van der Waals surface area contributed by atoms with Gasteiger partial charge in [0, 0.05) is 38.2 Å². The zero-order chi connectivity index (χ0) is 16.3. The summed E-state index contributed by atoms with van der Waals surface area (Å²) in [5, 5.41) is 9.66. The highest BCUT2D eigenvalue weighted by atomic mass is 16.5. The number of amides is 1. The van der Waals surface area contributed by atoms with E-state index in [-0.39, 0.29) is 11.9 Å². The van der Waals surface area contributed by atoms with Gasteiger partial charge < -0.3 is 10.1 Å². The number of carbonyl (C=O) groups excluding carboxylic acids is 2. The van der Waals surface area contributed by atoms with Gasteiger partial charge in [0.25, 0.3) is 0 Å². The second kappa shape index (κ2) is 6.91. The molecule has 7 heteroatoms. The number of likely N-dealkylation sites (tertiary alicyclic amines) is 1. The van der Waals surface area contributed by atoms with Gasteiger partial charge in [-0.25, -0.2) is 4.79 Å². The molecule has 0 saturated carbocycles. The van der Waals surface area contributed by atoms with E-state index in [0.29, 0.717) is 24.1 Å². The van der Waals surface area contributed by atoms with E-state index in [9.17, 15) is 9.59 Å². The van der Waals surface area contributed by atoms with Gasteiger partial charge in [0.15, 0.2) is 0 Å². The van der Waals surface area contributed by atoms with Crippen LogP contribution in [-0.4, -0.2) is 53.2 Å². The summed E-state index contributed by atoms with van der Waals surface area (Å²) < 4.78 is 4.75. The topological polar surface area (TPSA) is 87.3 Å². The standard InChI is InChI=1S/C15H24N4O3/c1-9(2)12-7-19(8-13(12)17-10(3)20)6-11-5-16-18-14(11)15(21)22-4/h5,9,12-13H,6-8H2,1-4H3,(H,16,18)(H,17,20)/t12-,13+/m0/s1. The summed E-state index contributed by atoms with van der Waals surface area (Å²) in [4.78, 5) is 25.3. The molecule has 2 atom stereocenters. The first-order valence-electron chi connectivity index (χ1n) is 7.52. The van der Waals surface area contributed by atoms with Crippen molar-refractivity contribution in [1.29, 1.82) is 0 Å². The zero-order valence-corrected chi connectivity index (χ0v) is 13.5. The fourth-order valence-electron chi connectivity index (χ4n) is 3.08. The van der Waals surface area contributed by atoms with Crippen molar-refractivity contribution < 1.29 is 14.3 Å². The SMILES string of the molecule is COC(=O)c1[nH]ncc1CN1C[C@@H](NC(C)=O)[C@H](C(C)C)C1. The number of carbonyl (C=O) groups is 2. The normalized spacial score (nSPS) is 22.0. The van der Waals surface area contributed by atoms with Gasteiger partial charge in [-0.15, -0.1) is 0 Å². The largest absolute Gasteiger partial charge is 0.464 e. The molecule has 1 amide bonds. The molecule has 0 bridgehead atoms. The maximum absolute atomic E-state index is 11.7. The first kappa shape index (κ1) is 16.5. The molecule has 7 nitrogen and oxygen atoms in total. The minimum absolute atomic E-state index is 0.00365. The number of aromatic amines is 1. The third kappa shape index (κ3) is 3.65. The summed E-state index contributed by atoms with van der Waals surface area (Å²) in [6.07, 6.45) is 1.66. The van der Waals surface area contributed by atoms with Crippen molar-refractivity contribution in [3.05, 3.63) is 17.5 Å². The lowest BCUT2D eigenvalue weighted by atomic mass is 9.91. The highest BCUT2D eigenvalue weighted by molar-refractivity contribution is 5.88. The smallest absolute Gasteiger partial charge is 0.356 e. The Morgan fingerprint density at radius 1 is 1.50 bits per heavy atom. The molecule has 22 heavy (non-hydrogen) atoms. The van der Waals surface area contributed by atoms with Crippen LogP contribution in [0.1, 0.15) is 36.8 Å². The highest BCUT2D eigenvalue weighted by Crippen LogP contribution is 2.26. The van der Waals surface area contributed by atoms with Crippen LogP contribution in [0.3, 0.4) is 0 Å². The van der Waals surface area contributed by atoms with Crippen molar-refractivity contribution in [2.45, 2.75) is 33.4 Å². The monoisotopic (exact) mass is 308 g/mol. The van der Waals surface area contributed by atoms with Crippen molar-refractivity contribution in [1.82, 2.24) is 20.4 Å². The molecule has 0 unspecified atom stereocenters. The van der Waals surface area contributed by atoms with Gasteiger partial charge >= 0.3 is 5.97 Å². The van der Waals surface area contributed by atoms with Crippen LogP contribution in [0.2, 0.25) is 0 Å². The molecular formula is C15H24N4O3. The highest BCUT2D eigenvalue weighted by Gasteiger charge is 2.35. The molecule has 122 valence electrons. The van der Waals surface area contributed by atoms with Crippen molar-refractivity contribution in [2.24, 2.45) is 11.8 Å². The number of nitrogens with one attached hydrogen (secondary N) is 2. The van der Waals surface area contributed by atoms with Gasteiger partial charge in [0.2, 0.25) is 5.91 Å². The Bertz CT molecular complexity index is 541. The van der Waals surface area contributed by atoms with Gasteiger partial charge in [0.05, 0.1) is 13.3 Å². The Balaban J connectivity index is 2.07. The molecule has 0 aromatic carbocycles. The Morgan fingerprint density at radius 2 is 2.23 bits per heavy atom. The van der Waals surface area contributed by atoms with Gasteiger partial charge in [-0.1, -0.05) is 13.8 Å². The molecular weight excluding hydrogens is 284 g/mol. The number of H-pyrrole nitrogens is 1. The number of ether oxygens (including phenoxy) is 1. The van der Waals surface area contributed by atoms with Gasteiger partial charge in [-0.3, -0.25) is 14.8 Å². The molecule has 2 N–H and O–H groups in total. The van der Waals surface area contributed by atoms with E-state index in [0.717, 1.165) is 18.7 Å². The van der Waals surface area contributed by atoms with Crippen LogP contribution in [0.25, 0.3) is 0 Å². The number of methoxy groups -OCH3 is 1. The summed E-state index contributed by atoms with van der Waals surface area (Å²) in [6.45, 7) is 8.15. The van der Waals surface area contributed by atoms with Crippen LogP contribution in [-0.2, 0) is 16.1 Å². The van der Waals surface area contributed by atoms with E-state index in [1.165, 1.54) is 7.11 Å². The summed E-state index contributed by atoms with van der Waals surface area (Å²) >= 11 is 0. The Labute approximate surface area is 130 Å². The molecule has 2 heterocycles.